The van der Waals surface area contributed by atoms with E-state index >= 15 is 0 Å². The Bertz CT molecular complexity index is 847. The second-order valence-electron chi connectivity index (χ2n) is 6.21. The van der Waals surface area contributed by atoms with Crippen molar-refractivity contribution in [3.05, 3.63) is 47.3 Å². The van der Waals surface area contributed by atoms with Crippen LogP contribution in [0.5, 0.6) is 0 Å². The van der Waals surface area contributed by atoms with Crippen LogP contribution < -0.4 is 5.73 Å². The molecule has 1 aromatic carbocycles. The molecule has 0 spiro atoms. The van der Waals surface area contributed by atoms with Gasteiger partial charge in [-0.05, 0) is 38.3 Å². The Morgan fingerprint density at radius 1 is 1.21 bits per heavy atom. The van der Waals surface area contributed by atoms with Crippen LogP contribution in [0.2, 0.25) is 0 Å². The van der Waals surface area contributed by atoms with Crippen molar-refractivity contribution in [2.24, 2.45) is 5.73 Å². The minimum absolute atomic E-state index is 0. The maximum atomic E-state index is 5.63. The number of benzene rings is 1. The summed E-state index contributed by atoms with van der Waals surface area (Å²) in [4.78, 5) is 4.58. The number of rotatable bonds is 4. The second-order valence-corrected chi connectivity index (χ2v) is 6.21. The van der Waals surface area contributed by atoms with E-state index in [0.29, 0.717) is 24.3 Å². The first-order valence-electron chi connectivity index (χ1n) is 7.99. The zero-order valence-corrected chi connectivity index (χ0v) is 14.6. The summed E-state index contributed by atoms with van der Waals surface area (Å²) in [5, 5.41) is 4.13. The smallest absolute Gasteiger partial charge is 0.260 e. The van der Waals surface area contributed by atoms with Gasteiger partial charge in [-0.2, -0.15) is 4.98 Å². The van der Waals surface area contributed by atoms with Crippen LogP contribution in [0.3, 0.4) is 0 Å². The van der Waals surface area contributed by atoms with Gasteiger partial charge in [0.25, 0.3) is 5.89 Å². The lowest BCUT2D eigenvalue weighted by atomic mass is 10.1. The zero-order chi connectivity index (χ0) is 16.0. The van der Waals surface area contributed by atoms with Crippen molar-refractivity contribution < 1.29 is 4.52 Å². The number of aromatic nitrogens is 3. The SMILES string of the molecule is Cc1cc(-c2nc(-c3ccc(CN)cc3)no2)c(C)n1C1CC1.Cl. The molecule has 3 aromatic rings. The van der Waals surface area contributed by atoms with E-state index < -0.39 is 0 Å². The molecule has 126 valence electrons. The topological polar surface area (TPSA) is 69.9 Å². The number of aryl methyl sites for hydroxylation is 1. The van der Waals surface area contributed by atoms with Crippen LogP contribution in [-0.4, -0.2) is 14.7 Å². The zero-order valence-electron chi connectivity index (χ0n) is 13.8. The number of hydrogen-bond acceptors (Lipinski definition) is 4. The lowest BCUT2D eigenvalue weighted by Crippen LogP contribution is -1.98. The Labute approximate surface area is 147 Å². The van der Waals surface area contributed by atoms with Gasteiger partial charge in [0.2, 0.25) is 5.82 Å². The van der Waals surface area contributed by atoms with E-state index in [2.05, 4.69) is 34.6 Å². The van der Waals surface area contributed by atoms with E-state index in [4.69, 9.17) is 10.3 Å². The van der Waals surface area contributed by atoms with Gasteiger partial charge in [0.05, 0.1) is 5.56 Å². The van der Waals surface area contributed by atoms with Gasteiger partial charge in [-0.1, -0.05) is 29.4 Å². The molecule has 2 aromatic heterocycles. The van der Waals surface area contributed by atoms with Crippen LogP contribution in [-0.2, 0) is 6.54 Å². The lowest BCUT2D eigenvalue weighted by Gasteiger charge is -2.06. The molecule has 2 N–H and O–H groups in total. The minimum Gasteiger partial charge on any atom is -0.345 e. The van der Waals surface area contributed by atoms with Crippen LogP contribution in [0.25, 0.3) is 22.8 Å². The van der Waals surface area contributed by atoms with E-state index in [1.165, 1.54) is 24.2 Å². The highest BCUT2D eigenvalue weighted by Gasteiger charge is 2.28. The quantitative estimate of drug-likeness (QED) is 0.775. The fourth-order valence-corrected chi connectivity index (χ4v) is 3.13. The number of halogens is 1. The molecule has 0 amide bonds. The molecule has 0 bridgehead atoms. The molecule has 0 saturated heterocycles. The molecule has 1 aliphatic carbocycles. The first-order valence-corrected chi connectivity index (χ1v) is 7.99. The van der Waals surface area contributed by atoms with Gasteiger partial charge in [-0.25, -0.2) is 0 Å². The molecule has 0 radical (unpaired) electrons. The Balaban J connectivity index is 0.00000169. The van der Waals surface area contributed by atoms with Crippen LogP contribution >= 0.6 is 12.4 Å². The third-order valence-corrected chi connectivity index (χ3v) is 4.50. The molecule has 1 aliphatic rings. The lowest BCUT2D eigenvalue weighted by molar-refractivity contribution is 0.432. The van der Waals surface area contributed by atoms with E-state index in [-0.39, 0.29) is 12.4 Å². The van der Waals surface area contributed by atoms with Gasteiger partial charge in [-0.15, -0.1) is 12.4 Å². The maximum absolute atomic E-state index is 5.63. The highest BCUT2D eigenvalue weighted by Crippen LogP contribution is 2.40. The monoisotopic (exact) mass is 344 g/mol. The third-order valence-electron chi connectivity index (χ3n) is 4.50. The molecule has 24 heavy (non-hydrogen) atoms. The number of nitrogens with zero attached hydrogens (tertiary/aromatic N) is 3. The average molecular weight is 345 g/mol. The summed E-state index contributed by atoms with van der Waals surface area (Å²) in [6.07, 6.45) is 2.52. The predicted octanol–water partition coefficient (Wildman–Crippen LogP) is 4.04. The summed E-state index contributed by atoms with van der Waals surface area (Å²) >= 11 is 0. The normalized spacial score (nSPS) is 13.8. The molecule has 2 heterocycles. The van der Waals surface area contributed by atoms with Gasteiger partial charge < -0.3 is 14.8 Å². The van der Waals surface area contributed by atoms with Crippen LogP contribution in [0, 0.1) is 13.8 Å². The molecule has 0 unspecified atom stereocenters. The molecule has 4 rings (SSSR count). The van der Waals surface area contributed by atoms with Crippen molar-refractivity contribution in [2.75, 3.05) is 0 Å². The molecular weight excluding hydrogens is 324 g/mol. The van der Waals surface area contributed by atoms with Crippen LogP contribution in [0.4, 0.5) is 0 Å². The molecular formula is C18H21ClN4O. The Morgan fingerprint density at radius 3 is 2.54 bits per heavy atom. The van der Waals surface area contributed by atoms with Gasteiger partial charge >= 0.3 is 0 Å². The molecule has 0 aliphatic heterocycles. The van der Waals surface area contributed by atoms with Crippen LogP contribution in [0.15, 0.2) is 34.9 Å². The summed E-state index contributed by atoms with van der Waals surface area (Å²) in [5.74, 6) is 1.20. The first kappa shape index (κ1) is 16.7. The van der Waals surface area contributed by atoms with Crippen molar-refractivity contribution >= 4 is 12.4 Å². The molecule has 1 saturated carbocycles. The minimum atomic E-state index is 0. The Morgan fingerprint density at radius 2 is 1.92 bits per heavy atom. The Hall–Kier alpha value is -2.11. The van der Waals surface area contributed by atoms with E-state index in [0.717, 1.165) is 16.7 Å². The second kappa shape index (κ2) is 6.42. The maximum Gasteiger partial charge on any atom is 0.260 e. The van der Waals surface area contributed by atoms with Gasteiger partial charge in [0.1, 0.15) is 0 Å². The standard InChI is InChI=1S/C18H20N4O.ClH/c1-11-9-16(12(2)22(11)15-7-8-15)18-20-17(21-23-18)14-5-3-13(10-19)4-6-14;/h3-6,9,15H,7-8,10,19H2,1-2H3;1H. The van der Waals surface area contributed by atoms with E-state index in [1.807, 2.05) is 24.3 Å². The fraction of sp³-hybridized carbons (Fsp3) is 0.333. The van der Waals surface area contributed by atoms with Gasteiger partial charge in [0, 0.05) is 29.5 Å². The molecule has 6 heteroatoms. The summed E-state index contributed by atoms with van der Waals surface area (Å²) in [6.45, 7) is 4.79. The summed E-state index contributed by atoms with van der Waals surface area (Å²) < 4.78 is 7.90. The summed E-state index contributed by atoms with van der Waals surface area (Å²) in [6, 6.07) is 10.7. The van der Waals surface area contributed by atoms with Crippen molar-refractivity contribution in [1.82, 2.24) is 14.7 Å². The predicted molar refractivity (Wildman–Crippen MR) is 96.0 cm³/mol. The van der Waals surface area contributed by atoms with Crippen molar-refractivity contribution in [1.29, 1.82) is 0 Å². The number of hydrogen-bond donors (Lipinski definition) is 1. The highest BCUT2D eigenvalue weighted by atomic mass is 35.5. The van der Waals surface area contributed by atoms with Gasteiger partial charge in [-0.3, -0.25) is 0 Å². The average Bonchev–Trinajstić information content (AvgIpc) is 3.19. The van der Waals surface area contributed by atoms with E-state index in [9.17, 15) is 0 Å². The van der Waals surface area contributed by atoms with Crippen LogP contribution in [0.1, 0.15) is 35.8 Å². The molecule has 0 atom stereocenters. The fourth-order valence-electron chi connectivity index (χ4n) is 3.13. The summed E-state index contributed by atoms with van der Waals surface area (Å²) in [7, 11) is 0. The number of nitrogens with two attached hydrogens (primary N) is 1. The Kier molecular flexibility index (Phi) is 4.47. The largest absolute Gasteiger partial charge is 0.345 e. The van der Waals surface area contributed by atoms with Crippen molar-refractivity contribution in [2.45, 2.75) is 39.3 Å². The third kappa shape index (κ3) is 2.85. The van der Waals surface area contributed by atoms with Crippen molar-refractivity contribution in [3.63, 3.8) is 0 Å². The molecule has 1 fully saturated rings. The molecule has 5 nitrogen and oxygen atoms in total. The van der Waals surface area contributed by atoms with Gasteiger partial charge in [0.15, 0.2) is 0 Å². The van der Waals surface area contributed by atoms with Crippen molar-refractivity contribution in [3.8, 4) is 22.8 Å². The summed E-state index contributed by atoms with van der Waals surface area (Å²) in [5.41, 5.74) is 11.2. The van der Waals surface area contributed by atoms with E-state index in [1.54, 1.807) is 0 Å². The first-order chi connectivity index (χ1) is 11.2. The highest BCUT2D eigenvalue weighted by molar-refractivity contribution is 5.85.